The summed E-state index contributed by atoms with van der Waals surface area (Å²) in [6.45, 7) is 6.09. The van der Waals surface area contributed by atoms with E-state index in [0.717, 1.165) is 21.2 Å². The van der Waals surface area contributed by atoms with Gasteiger partial charge in [-0.2, -0.15) is 4.98 Å². The van der Waals surface area contributed by atoms with Crippen LogP contribution < -0.4 is 5.73 Å². The van der Waals surface area contributed by atoms with Gasteiger partial charge in [-0.05, 0) is 44.0 Å². The Kier molecular flexibility index (Phi) is 3.59. The van der Waals surface area contributed by atoms with Crippen molar-refractivity contribution >= 4 is 32.3 Å². The van der Waals surface area contributed by atoms with Crippen LogP contribution in [0.4, 0.5) is 5.00 Å². The molecule has 3 aromatic rings. The first kappa shape index (κ1) is 14.3. The molecule has 0 aliphatic carbocycles. The monoisotopic (exact) mass is 363 g/mol. The highest BCUT2D eigenvalue weighted by Gasteiger charge is 2.19. The first-order chi connectivity index (χ1) is 9.97. The van der Waals surface area contributed by atoms with Gasteiger partial charge in [0.1, 0.15) is 0 Å². The lowest BCUT2D eigenvalue weighted by Gasteiger charge is -2.00. The fourth-order valence-electron chi connectivity index (χ4n) is 2.16. The third-order valence-electron chi connectivity index (χ3n) is 3.42. The Labute approximate surface area is 135 Å². The second kappa shape index (κ2) is 5.27. The minimum Gasteiger partial charge on any atom is -0.390 e. The van der Waals surface area contributed by atoms with Crippen LogP contribution in [0.5, 0.6) is 0 Å². The summed E-state index contributed by atoms with van der Waals surface area (Å²) < 4.78 is 6.36. The first-order valence-electron chi connectivity index (χ1n) is 6.43. The quantitative estimate of drug-likeness (QED) is 0.714. The lowest BCUT2D eigenvalue weighted by molar-refractivity contribution is 0.432. The van der Waals surface area contributed by atoms with Gasteiger partial charge in [-0.1, -0.05) is 27.2 Å². The minimum atomic E-state index is 0.469. The maximum Gasteiger partial charge on any atom is 0.261 e. The second-order valence-corrected chi connectivity index (χ2v) is 7.04. The van der Waals surface area contributed by atoms with E-state index in [4.69, 9.17) is 10.3 Å². The van der Waals surface area contributed by atoms with Crippen LogP contribution in [-0.2, 0) is 0 Å². The van der Waals surface area contributed by atoms with E-state index in [1.807, 2.05) is 39.0 Å². The van der Waals surface area contributed by atoms with Gasteiger partial charge < -0.3 is 10.3 Å². The van der Waals surface area contributed by atoms with Crippen molar-refractivity contribution in [2.75, 3.05) is 5.73 Å². The number of thiophene rings is 1. The van der Waals surface area contributed by atoms with Gasteiger partial charge in [-0.25, -0.2) is 0 Å². The van der Waals surface area contributed by atoms with E-state index in [0.29, 0.717) is 16.7 Å². The minimum absolute atomic E-state index is 0.469. The van der Waals surface area contributed by atoms with Crippen LogP contribution in [0.25, 0.3) is 22.8 Å². The number of halogens is 1. The molecule has 4 nitrogen and oxygen atoms in total. The second-order valence-electron chi connectivity index (χ2n) is 4.93. The SMILES string of the molecule is Cc1ccc(-c2noc(-c3c(N)sc(C)c3C)n2)c(Br)c1. The lowest BCUT2D eigenvalue weighted by Crippen LogP contribution is -1.87. The molecule has 0 aliphatic heterocycles. The topological polar surface area (TPSA) is 64.9 Å². The van der Waals surface area contributed by atoms with Crippen molar-refractivity contribution in [1.82, 2.24) is 10.1 Å². The number of anilines is 1. The average Bonchev–Trinajstić information content (AvgIpc) is 2.96. The van der Waals surface area contributed by atoms with E-state index >= 15 is 0 Å². The summed E-state index contributed by atoms with van der Waals surface area (Å²) in [4.78, 5) is 5.66. The van der Waals surface area contributed by atoms with Gasteiger partial charge >= 0.3 is 0 Å². The highest BCUT2D eigenvalue weighted by Crippen LogP contribution is 2.38. The summed E-state index contributed by atoms with van der Waals surface area (Å²) in [6.07, 6.45) is 0. The lowest BCUT2D eigenvalue weighted by atomic mass is 10.1. The maximum atomic E-state index is 6.05. The standard InChI is InChI=1S/C15H14BrN3OS/c1-7-4-5-10(11(16)6-7)14-18-15(20-19-14)12-8(2)9(3)21-13(12)17/h4-6H,17H2,1-3H3. The number of nitrogen functional groups attached to an aromatic ring is 1. The van der Waals surface area contributed by atoms with E-state index in [9.17, 15) is 0 Å². The molecule has 0 bridgehead atoms. The Morgan fingerprint density at radius 1 is 1.24 bits per heavy atom. The Hall–Kier alpha value is -1.66. The molecule has 21 heavy (non-hydrogen) atoms. The Balaban J connectivity index is 2.08. The summed E-state index contributed by atoms with van der Waals surface area (Å²) in [5.74, 6) is 1.02. The molecule has 2 aromatic heterocycles. The molecule has 1 aromatic carbocycles. The predicted octanol–water partition coefficient (Wildman–Crippen LogP) is 4.74. The van der Waals surface area contributed by atoms with Crippen molar-refractivity contribution in [1.29, 1.82) is 0 Å². The average molecular weight is 364 g/mol. The van der Waals surface area contributed by atoms with Gasteiger partial charge in [0, 0.05) is 14.9 Å². The number of nitrogens with zero attached hydrogens (tertiary/aromatic N) is 2. The van der Waals surface area contributed by atoms with Gasteiger partial charge in [0.05, 0.1) is 10.6 Å². The van der Waals surface area contributed by atoms with Crippen molar-refractivity contribution in [2.24, 2.45) is 0 Å². The molecular weight excluding hydrogens is 350 g/mol. The fraction of sp³-hybridized carbons (Fsp3) is 0.200. The normalized spacial score (nSPS) is 11.0. The molecule has 0 amide bonds. The highest BCUT2D eigenvalue weighted by molar-refractivity contribution is 9.10. The number of hydrogen-bond donors (Lipinski definition) is 1. The van der Waals surface area contributed by atoms with E-state index in [1.54, 1.807) is 11.3 Å². The number of hydrogen-bond acceptors (Lipinski definition) is 5. The van der Waals surface area contributed by atoms with Crippen LogP contribution in [0.2, 0.25) is 0 Å². The molecule has 108 valence electrons. The van der Waals surface area contributed by atoms with Crippen LogP contribution in [0.15, 0.2) is 27.2 Å². The molecule has 0 fully saturated rings. The third kappa shape index (κ3) is 2.49. The predicted molar refractivity (Wildman–Crippen MR) is 89.4 cm³/mol. The molecule has 3 rings (SSSR count). The molecule has 0 radical (unpaired) electrons. The van der Waals surface area contributed by atoms with Crippen molar-refractivity contribution in [3.63, 3.8) is 0 Å². The van der Waals surface area contributed by atoms with Crippen LogP contribution >= 0.6 is 27.3 Å². The smallest absolute Gasteiger partial charge is 0.261 e. The number of rotatable bonds is 2. The Morgan fingerprint density at radius 2 is 2.00 bits per heavy atom. The van der Waals surface area contributed by atoms with Gasteiger partial charge in [-0.15, -0.1) is 11.3 Å². The van der Waals surface area contributed by atoms with Crippen molar-refractivity contribution in [2.45, 2.75) is 20.8 Å². The van der Waals surface area contributed by atoms with E-state index in [2.05, 4.69) is 26.1 Å². The molecule has 0 aliphatic rings. The van der Waals surface area contributed by atoms with Crippen molar-refractivity contribution in [3.8, 4) is 22.8 Å². The molecule has 0 saturated carbocycles. The molecule has 6 heteroatoms. The highest BCUT2D eigenvalue weighted by atomic mass is 79.9. The molecule has 0 atom stereocenters. The molecule has 0 saturated heterocycles. The van der Waals surface area contributed by atoms with Gasteiger partial charge in [0.2, 0.25) is 5.82 Å². The van der Waals surface area contributed by atoms with Crippen LogP contribution in [0.3, 0.4) is 0 Å². The number of nitrogens with two attached hydrogens (primary N) is 1. The molecule has 0 spiro atoms. The number of aromatic nitrogens is 2. The summed E-state index contributed by atoms with van der Waals surface area (Å²) in [7, 11) is 0. The number of aryl methyl sites for hydroxylation is 2. The molecule has 2 N–H and O–H groups in total. The van der Waals surface area contributed by atoms with Crippen molar-refractivity contribution < 1.29 is 4.52 Å². The van der Waals surface area contributed by atoms with Crippen LogP contribution in [0.1, 0.15) is 16.0 Å². The fourth-order valence-corrected chi connectivity index (χ4v) is 3.75. The summed E-state index contributed by atoms with van der Waals surface area (Å²) in [6, 6.07) is 6.02. The molecular formula is C15H14BrN3OS. The summed E-state index contributed by atoms with van der Waals surface area (Å²) >= 11 is 5.08. The van der Waals surface area contributed by atoms with E-state index < -0.39 is 0 Å². The Morgan fingerprint density at radius 3 is 2.62 bits per heavy atom. The van der Waals surface area contributed by atoms with E-state index in [-0.39, 0.29) is 0 Å². The summed E-state index contributed by atoms with van der Waals surface area (Å²) in [5, 5.41) is 4.79. The van der Waals surface area contributed by atoms with Gasteiger partial charge in [0.25, 0.3) is 5.89 Å². The third-order valence-corrected chi connectivity index (χ3v) is 5.11. The number of benzene rings is 1. The van der Waals surface area contributed by atoms with Gasteiger partial charge in [0.15, 0.2) is 0 Å². The molecule has 2 heterocycles. The Bertz CT molecular complexity index is 822. The van der Waals surface area contributed by atoms with Crippen molar-refractivity contribution in [3.05, 3.63) is 38.7 Å². The van der Waals surface area contributed by atoms with E-state index in [1.165, 1.54) is 10.4 Å². The van der Waals surface area contributed by atoms with Crippen LogP contribution in [0, 0.1) is 20.8 Å². The molecule has 0 unspecified atom stereocenters. The largest absolute Gasteiger partial charge is 0.390 e. The first-order valence-corrected chi connectivity index (χ1v) is 8.04. The maximum absolute atomic E-state index is 6.05. The zero-order valence-corrected chi connectivity index (χ0v) is 14.3. The van der Waals surface area contributed by atoms with Gasteiger partial charge in [-0.3, -0.25) is 0 Å². The summed E-state index contributed by atoms with van der Waals surface area (Å²) in [5.41, 5.74) is 10.1. The van der Waals surface area contributed by atoms with Crippen LogP contribution in [-0.4, -0.2) is 10.1 Å². The zero-order valence-electron chi connectivity index (χ0n) is 11.9. The zero-order chi connectivity index (χ0) is 15.1.